The first-order valence-corrected chi connectivity index (χ1v) is 6.73. The summed E-state index contributed by atoms with van der Waals surface area (Å²) in [7, 11) is 1.75. The molecule has 0 fully saturated rings. The Morgan fingerprint density at radius 1 is 1.36 bits per heavy atom. The van der Waals surface area contributed by atoms with Gasteiger partial charge in [-0.1, -0.05) is 12.1 Å². The minimum absolute atomic E-state index is 0.125. The fourth-order valence-corrected chi connectivity index (χ4v) is 2.01. The summed E-state index contributed by atoms with van der Waals surface area (Å²) in [6.07, 6.45) is 5.12. The number of nitrogens with zero attached hydrogens (tertiary/aromatic N) is 2. The van der Waals surface area contributed by atoms with E-state index >= 15 is 0 Å². The van der Waals surface area contributed by atoms with Gasteiger partial charge in [-0.3, -0.25) is 4.79 Å². The van der Waals surface area contributed by atoms with Crippen molar-refractivity contribution < 1.29 is 14.7 Å². The predicted octanol–water partition coefficient (Wildman–Crippen LogP) is 2.71. The van der Waals surface area contributed by atoms with Crippen LogP contribution in [-0.4, -0.2) is 26.5 Å². The Hall–Kier alpha value is -2.89. The van der Waals surface area contributed by atoms with E-state index in [1.807, 2.05) is 13.0 Å². The normalized spacial score (nSPS) is 10.9. The zero-order chi connectivity index (χ0) is 16.3. The van der Waals surface area contributed by atoms with E-state index in [2.05, 4.69) is 10.3 Å². The third kappa shape index (κ3) is 3.06. The summed E-state index contributed by atoms with van der Waals surface area (Å²) in [5.74, 6) is -0.702. The molecule has 0 unspecified atom stereocenters. The largest absolute Gasteiger partial charge is 0.478 e. The summed E-state index contributed by atoms with van der Waals surface area (Å²) in [6, 6.07) is 4.61. The smallest absolute Gasteiger partial charge is 0.335 e. The zero-order valence-electron chi connectivity index (χ0n) is 12.6. The fourth-order valence-electron chi connectivity index (χ4n) is 2.01. The standard InChI is InChI=1S/C16H17N3O3/c1-4-5-14-17-9-13(19(14)3)15(20)18-12-8-11(16(21)22)7-6-10(12)2/h4-9H,1-3H3,(H,18,20)(H,21,22)/b5-4-. The molecule has 114 valence electrons. The molecule has 2 rings (SSSR count). The van der Waals surface area contributed by atoms with Crippen molar-refractivity contribution in [3.05, 3.63) is 53.1 Å². The predicted molar refractivity (Wildman–Crippen MR) is 84.0 cm³/mol. The van der Waals surface area contributed by atoms with E-state index in [0.29, 0.717) is 17.2 Å². The van der Waals surface area contributed by atoms with E-state index in [1.165, 1.54) is 18.3 Å². The van der Waals surface area contributed by atoms with Crippen LogP contribution in [0, 0.1) is 6.92 Å². The Labute approximate surface area is 128 Å². The van der Waals surface area contributed by atoms with Crippen LogP contribution in [0.5, 0.6) is 0 Å². The molecule has 1 aromatic carbocycles. The first-order valence-electron chi connectivity index (χ1n) is 6.73. The first kappa shape index (κ1) is 15.5. The monoisotopic (exact) mass is 299 g/mol. The maximum absolute atomic E-state index is 12.3. The average Bonchev–Trinajstić information content (AvgIpc) is 2.83. The Morgan fingerprint density at radius 3 is 2.73 bits per heavy atom. The number of nitrogens with one attached hydrogen (secondary N) is 1. The van der Waals surface area contributed by atoms with Crippen LogP contribution in [0.25, 0.3) is 6.08 Å². The lowest BCUT2D eigenvalue weighted by atomic mass is 10.1. The number of imidazole rings is 1. The van der Waals surface area contributed by atoms with E-state index in [0.717, 1.165) is 5.56 Å². The highest BCUT2D eigenvalue weighted by Gasteiger charge is 2.15. The number of aryl methyl sites for hydroxylation is 1. The Kier molecular flexibility index (Phi) is 4.41. The van der Waals surface area contributed by atoms with Gasteiger partial charge in [-0.2, -0.15) is 0 Å². The molecule has 0 saturated carbocycles. The average molecular weight is 299 g/mol. The molecule has 0 atom stereocenters. The number of carboxylic acid groups (broad SMARTS) is 1. The molecule has 0 saturated heterocycles. The summed E-state index contributed by atoms with van der Waals surface area (Å²) < 4.78 is 1.67. The number of hydrogen-bond acceptors (Lipinski definition) is 3. The van der Waals surface area contributed by atoms with Crippen molar-refractivity contribution in [1.82, 2.24) is 9.55 Å². The summed E-state index contributed by atoms with van der Waals surface area (Å²) in [5, 5.41) is 11.8. The number of benzene rings is 1. The number of hydrogen-bond donors (Lipinski definition) is 2. The molecule has 0 aliphatic carbocycles. The summed E-state index contributed by atoms with van der Waals surface area (Å²) in [6.45, 7) is 3.67. The summed E-state index contributed by atoms with van der Waals surface area (Å²) in [5.41, 5.74) is 1.78. The molecule has 0 aliphatic heterocycles. The highest BCUT2D eigenvalue weighted by atomic mass is 16.4. The molecule has 2 N–H and O–H groups in total. The molecule has 22 heavy (non-hydrogen) atoms. The van der Waals surface area contributed by atoms with E-state index in [1.54, 1.807) is 30.7 Å². The molecule has 6 heteroatoms. The van der Waals surface area contributed by atoms with Gasteiger partial charge < -0.3 is 15.0 Å². The minimum Gasteiger partial charge on any atom is -0.478 e. The van der Waals surface area contributed by atoms with Crippen LogP contribution in [-0.2, 0) is 7.05 Å². The molecule has 0 radical (unpaired) electrons. The number of carbonyl (C=O) groups excluding carboxylic acids is 1. The van der Waals surface area contributed by atoms with Crippen LogP contribution >= 0.6 is 0 Å². The topological polar surface area (TPSA) is 84.2 Å². The maximum Gasteiger partial charge on any atom is 0.335 e. The molecule has 0 spiro atoms. The fraction of sp³-hybridized carbons (Fsp3) is 0.188. The molecule has 1 amide bonds. The van der Waals surface area contributed by atoms with Crippen molar-refractivity contribution in [3.63, 3.8) is 0 Å². The summed E-state index contributed by atoms with van der Waals surface area (Å²) in [4.78, 5) is 27.5. The van der Waals surface area contributed by atoms with Crippen LogP contribution in [0.15, 0.2) is 30.5 Å². The highest BCUT2D eigenvalue weighted by Crippen LogP contribution is 2.18. The minimum atomic E-state index is -1.04. The van der Waals surface area contributed by atoms with E-state index in [-0.39, 0.29) is 11.5 Å². The second kappa shape index (κ2) is 6.26. The number of amides is 1. The van der Waals surface area contributed by atoms with Crippen molar-refractivity contribution in [3.8, 4) is 0 Å². The number of aromatic carboxylic acids is 1. The lowest BCUT2D eigenvalue weighted by molar-refractivity contribution is 0.0696. The SMILES string of the molecule is C/C=C\c1ncc(C(=O)Nc2cc(C(=O)O)ccc2C)n1C. The zero-order valence-corrected chi connectivity index (χ0v) is 12.6. The number of allylic oxidation sites excluding steroid dienone is 1. The van der Waals surface area contributed by atoms with Crippen molar-refractivity contribution in [2.45, 2.75) is 13.8 Å². The second-order valence-corrected chi connectivity index (χ2v) is 4.85. The molecular formula is C16H17N3O3. The van der Waals surface area contributed by atoms with Gasteiger partial charge in [0.15, 0.2) is 0 Å². The Morgan fingerprint density at radius 2 is 2.09 bits per heavy atom. The van der Waals surface area contributed by atoms with Gasteiger partial charge in [0.05, 0.1) is 11.8 Å². The second-order valence-electron chi connectivity index (χ2n) is 4.85. The number of anilines is 1. The van der Waals surface area contributed by atoms with Gasteiger partial charge in [0.2, 0.25) is 0 Å². The molecule has 0 bridgehead atoms. The number of carbonyl (C=O) groups is 2. The maximum atomic E-state index is 12.3. The van der Waals surface area contributed by atoms with E-state index in [9.17, 15) is 9.59 Å². The number of carboxylic acids is 1. The van der Waals surface area contributed by atoms with Gasteiger partial charge in [-0.25, -0.2) is 9.78 Å². The molecule has 1 heterocycles. The van der Waals surface area contributed by atoms with E-state index in [4.69, 9.17) is 5.11 Å². The first-order chi connectivity index (χ1) is 10.4. The molecule has 1 aromatic heterocycles. The van der Waals surface area contributed by atoms with Gasteiger partial charge in [-0.15, -0.1) is 0 Å². The summed E-state index contributed by atoms with van der Waals surface area (Å²) >= 11 is 0. The number of rotatable bonds is 4. The van der Waals surface area contributed by atoms with Crippen LogP contribution in [0.2, 0.25) is 0 Å². The van der Waals surface area contributed by atoms with E-state index < -0.39 is 5.97 Å². The number of aromatic nitrogens is 2. The van der Waals surface area contributed by atoms with Crippen LogP contribution in [0.1, 0.15) is 39.2 Å². The van der Waals surface area contributed by atoms with Crippen LogP contribution in [0.4, 0.5) is 5.69 Å². The lowest BCUT2D eigenvalue weighted by Gasteiger charge is -2.10. The molecule has 2 aromatic rings. The van der Waals surface area contributed by atoms with Crippen molar-refractivity contribution in [2.75, 3.05) is 5.32 Å². The van der Waals surface area contributed by atoms with Crippen molar-refractivity contribution in [1.29, 1.82) is 0 Å². The van der Waals surface area contributed by atoms with Crippen molar-refractivity contribution in [2.24, 2.45) is 7.05 Å². The molecule has 6 nitrogen and oxygen atoms in total. The quantitative estimate of drug-likeness (QED) is 0.909. The van der Waals surface area contributed by atoms with Gasteiger partial charge in [-0.05, 0) is 37.6 Å². The van der Waals surface area contributed by atoms with Gasteiger partial charge in [0.25, 0.3) is 5.91 Å². The van der Waals surface area contributed by atoms with Gasteiger partial charge >= 0.3 is 5.97 Å². The van der Waals surface area contributed by atoms with Gasteiger partial charge in [0, 0.05) is 12.7 Å². The van der Waals surface area contributed by atoms with Crippen LogP contribution in [0.3, 0.4) is 0 Å². The highest BCUT2D eigenvalue weighted by molar-refractivity contribution is 6.04. The molecule has 0 aliphatic rings. The van der Waals surface area contributed by atoms with Crippen LogP contribution < -0.4 is 5.32 Å². The lowest BCUT2D eigenvalue weighted by Crippen LogP contribution is -2.17. The Bertz CT molecular complexity index is 760. The Balaban J connectivity index is 2.29. The van der Waals surface area contributed by atoms with Gasteiger partial charge in [0.1, 0.15) is 11.5 Å². The molecular weight excluding hydrogens is 282 g/mol. The third-order valence-corrected chi connectivity index (χ3v) is 3.31. The van der Waals surface area contributed by atoms with Crippen molar-refractivity contribution >= 4 is 23.6 Å². The third-order valence-electron chi connectivity index (χ3n) is 3.31.